The first-order chi connectivity index (χ1) is 23.9. The molecule has 51 heavy (non-hydrogen) atoms. The molecular formula is C37H42F2N4O5S3. The van der Waals surface area contributed by atoms with Gasteiger partial charge in [0.05, 0.1) is 43.9 Å². The van der Waals surface area contributed by atoms with Gasteiger partial charge in [-0.05, 0) is 85.0 Å². The molecule has 0 radical (unpaired) electrons. The summed E-state index contributed by atoms with van der Waals surface area (Å²) in [6.45, 7) is 5.80. The average Bonchev–Trinajstić information content (AvgIpc) is 3.67. The maximum Gasteiger partial charge on any atom is 0.161 e. The van der Waals surface area contributed by atoms with Gasteiger partial charge < -0.3 is 4.98 Å². The van der Waals surface area contributed by atoms with Crippen molar-refractivity contribution in [3.63, 3.8) is 0 Å². The molecule has 3 heterocycles. The van der Waals surface area contributed by atoms with Crippen molar-refractivity contribution in [1.29, 1.82) is 0 Å². The van der Waals surface area contributed by atoms with Crippen LogP contribution in [0.4, 0.5) is 8.78 Å². The van der Waals surface area contributed by atoms with E-state index in [4.69, 9.17) is 10.1 Å². The second-order valence-electron chi connectivity index (χ2n) is 14.7. The third-order valence-electron chi connectivity index (χ3n) is 9.83. The van der Waals surface area contributed by atoms with Crippen LogP contribution in [-0.2, 0) is 55.8 Å². The van der Waals surface area contributed by atoms with E-state index in [1.54, 1.807) is 19.3 Å². The van der Waals surface area contributed by atoms with Gasteiger partial charge in [0.15, 0.2) is 21.5 Å². The Morgan fingerprint density at radius 1 is 1.02 bits per heavy atom. The minimum atomic E-state index is -3.66. The number of sulfone groups is 2. The average molecular weight is 757 g/mol. The van der Waals surface area contributed by atoms with Crippen molar-refractivity contribution in [2.75, 3.05) is 23.5 Å². The predicted octanol–water partition coefficient (Wildman–Crippen LogP) is 6.47. The molecule has 272 valence electrons. The monoisotopic (exact) mass is 756 g/mol. The number of aromatic amines is 1. The van der Waals surface area contributed by atoms with Crippen LogP contribution in [0.2, 0.25) is 0 Å². The van der Waals surface area contributed by atoms with Gasteiger partial charge in [-0.2, -0.15) is 5.10 Å². The van der Waals surface area contributed by atoms with Crippen LogP contribution in [0, 0.1) is 17.0 Å². The van der Waals surface area contributed by atoms with Gasteiger partial charge in [-0.25, -0.2) is 39.5 Å². The first kappa shape index (κ1) is 37.0. The van der Waals surface area contributed by atoms with Crippen LogP contribution in [0.1, 0.15) is 62.5 Å². The molecule has 0 saturated carbocycles. The quantitative estimate of drug-likeness (QED) is 0.223. The lowest BCUT2D eigenvalue weighted by Gasteiger charge is -2.30. The van der Waals surface area contributed by atoms with Gasteiger partial charge in [0.25, 0.3) is 0 Å². The number of aromatic nitrogens is 4. The Bertz CT molecular complexity index is 2390. The molecule has 2 atom stereocenters. The highest BCUT2D eigenvalue weighted by Crippen LogP contribution is 2.40. The van der Waals surface area contributed by atoms with Crippen molar-refractivity contribution in [2.24, 2.45) is 12.5 Å². The zero-order valence-corrected chi connectivity index (χ0v) is 31.7. The first-order valence-electron chi connectivity index (χ1n) is 16.8. The molecule has 5 aromatic rings. The molecule has 0 spiro atoms. The molecule has 0 amide bonds. The van der Waals surface area contributed by atoms with Crippen LogP contribution in [-0.4, -0.2) is 64.3 Å². The van der Waals surface area contributed by atoms with E-state index in [9.17, 15) is 21.0 Å². The van der Waals surface area contributed by atoms with Crippen molar-refractivity contribution < 1.29 is 29.8 Å². The molecule has 3 aromatic carbocycles. The number of hydrogen-bond donors (Lipinski definition) is 1. The number of H-pyrrole nitrogens is 1. The van der Waals surface area contributed by atoms with Crippen molar-refractivity contribution in [3.8, 4) is 11.4 Å². The number of nitrogens with zero attached hydrogens (tertiary/aromatic N) is 3. The SMILES string of the molecule is Cn1nc2nc1-c1cc(ccc1F)S(=O)c1c(F)cc3[nH]ccc3c1CCS(=O)(=O)CC(C)(C)CCC[C@]2(C)c1cccc(CCS(C)(=O)=O)c1. The Balaban J connectivity index is 1.52. The second-order valence-corrected chi connectivity index (χ2v) is 20.5. The van der Waals surface area contributed by atoms with E-state index >= 15 is 8.78 Å². The van der Waals surface area contributed by atoms with Crippen LogP contribution >= 0.6 is 0 Å². The van der Waals surface area contributed by atoms with Crippen molar-refractivity contribution in [2.45, 2.75) is 68.1 Å². The Morgan fingerprint density at radius 3 is 2.53 bits per heavy atom. The van der Waals surface area contributed by atoms with E-state index in [0.29, 0.717) is 48.0 Å². The van der Waals surface area contributed by atoms with Gasteiger partial charge in [0, 0.05) is 35.3 Å². The largest absolute Gasteiger partial charge is 0.361 e. The Labute approximate surface area is 300 Å². The van der Waals surface area contributed by atoms with E-state index in [2.05, 4.69) is 4.98 Å². The van der Waals surface area contributed by atoms with Crippen LogP contribution in [0.15, 0.2) is 70.6 Å². The maximum atomic E-state index is 15.9. The minimum Gasteiger partial charge on any atom is -0.361 e. The predicted molar refractivity (Wildman–Crippen MR) is 196 cm³/mol. The van der Waals surface area contributed by atoms with Gasteiger partial charge in [-0.15, -0.1) is 0 Å². The number of rotatable bonds is 4. The highest BCUT2D eigenvalue weighted by molar-refractivity contribution is 7.91. The van der Waals surface area contributed by atoms with E-state index in [-0.39, 0.29) is 44.9 Å². The van der Waals surface area contributed by atoms with Crippen LogP contribution in [0.3, 0.4) is 0 Å². The number of nitrogens with one attached hydrogen (secondary N) is 1. The number of benzene rings is 3. The first-order valence-corrected chi connectivity index (χ1v) is 21.8. The summed E-state index contributed by atoms with van der Waals surface area (Å²) in [5, 5.41) is 5.35. The van der Waals surface area contributed by atoms with Crippen LogP contribution in [0.25, 0.3) is 22.3 Å². The smallest absolute Gasteiger partial charge is 0.161 e. The molecule has 1 N–H and O–H groups in total. The fourth-order valence-corrected chi connectivity index (χ4v) is 11.0. The van der Waals surface area contributed by atoms with Gasteiger partial charge in [-0.1, -0.05) is 44.5 Å². The van der Waals surface area contributed by atoms with Crippen molar-refractivity contribution in [1.82, 2.24) is 19.7 Å². The summed E-state index contributed by atoms with van der Waals surface area (Å²) in [7, 11) is -7.36. The summed E-state index contributed by atoms with van der Waals surface area (Å²) >= 11 is 0. The molecule has 0 aliphatic carbocycles. The van der Waals surface area contributed by atoms with Crippen molar-refractivity contribution >= 4 is 41.4 Å². The highest BCUT2D eigenvalue weighted by atomic mass is 32.2. The summed E-state index contributed by atoms with van der Waals surface area (Å²) in [5.74, 6) is -1.19. The summed E-state index contributed by atoms with van der Waals surface area (Å²) in [4.78, 5) is 7.82. The van der Waals surface area contributed by atoms with E-state index < -0.39 is 52.9 Å². The molecule has 1 aliphatic rings. The second kappa shape index (κ2) is 13.7. The molecule has 0 fully saturated rings. The van der Waals surface area contributed by atoms with Crippen LogP contribution in [0.5, 0.6) is 0 Å². The van der Waals surface area contributed by atoms with Gasteiger partial charge in [0.2, 0.25) is 0 Å². The molecule has 6 rings (SSSR count). The lowest BCUT2D eigenvalue weighted by molar-refractivity contribution is 0.337. The number of hydrogen-bond acceptors (Lipinski definition) is 7. The topological polar surface area (TPSA) is 132 Å². The molecule has 0 saturated heterocycles. The van der Waals surface area contributed by atoms with Gasteiger partial charge in [0.1, 0.15) is 21.5 Å². The van der Waals surface area contributed by atoms with Crippen LogP contribution < -0.4 is 0 Å². The minimum absolute atomic E-state index is 0.0107. The summed E-state index contributed by atoms with van der Waals surface area (Å²) in [6.07, 6.45) is 4.75. The Kier molecular flexibility index (Phi) is 9.92. The summed E-state index contributed by atoms with van der Waals surface area (Å²) in [6, 6.07) is 14.4. The fourth-order valence-electron chi connectivity index (χ4n) is 7.11. The van der Waals surface area contributed by atoms with Crippen molar-refractivity contribution in [3.05, 3.63) is 94.9 Å². The molecule has 2 aromatic heterocycles. The molecule has 1 aliphatic heterocycles. The third-order valence-corrected chi connectivity index (χ3v) is 14.3. The van der Waals surface area contributed by atoms with E-state index in [1.165, 1.54) is 35.2 Å². The number of aryl methyl sites for hydroxylation is 3. The fraction of sp³-hybridized carbons (Fsp3) is 0.405. The van der Waals surface area contributed by atoms with E-state index in [0.717, 1.165) is 11.1 Å². The summed E-state index contributed by atoms with van der Waals surface area (Å²) in [5.41, 5.74) is 1.02. The molecule has 1 unspecified atom stereocenters. The van der Waals surface area contributed by atoms with Gasteiger partial charge in [-0.3, -0.25) is 0 Å². The lowest BCUT2D eigenvalue weighted by atomic mass is 9.75. The summed E-state index contributed by atoms with van der Waals surface area (Å²) < 4.78 is 98.4. The van der Waals surface area contributed by atoms with Gasteiger partial charge >= 0.3 is 0 Å². The third kappa shape index (κ3) is 7.87. The number of fused-ring (bicyclic) bond motifs is 8. The zero-order valence-electron chi connectivity index (χ0n) is 29.3. The van der Waals surface area contributed by atoms with E-state index in [1.807, 2.05) is 45.0 Å². The molecule has 9 nitrogen and oxygen atoms in total. The highest BCUT2D eigenvalue weighted by Gasteiger charge is 2.36. The number of halogens is 2. The molecular weight excluding hydrogens is 715 g/mol. The Hall–Kier alpha value is -3.75. The zero-order chi connectivity index (χ0) is 36.9. The normalized spacial score (nSPS) is 21.1. The molecule has 14 heteroatoms. The lowest BCUT2D eigenvalue weighted by Crippen LogP contribution is -2.29. The standard InChI is InChI=1S/C37H42F2N4O5S3/c1-36(2)15-7-16-37(3,25-9-6-8-24(20-25)13-18-50(5,45)46)35-41-34(43(4)42-35)29-21-26(10-11-30(29)38)49(44)33-28(14-19-51(47,48)23-36)27-12-17-40-32(27)22-31(33)39/h6,8-12,17,20-22,40H,7,13-16,18-19,23H2,1-5H3/t37-,49?/m1/s1. The Morgan fingerprint density at radius 2 is 1.78 bits per heavy atom. The molecule has 4 bridgehead atoms. The maximum absolute atomic E-state index is 15.9.